The van der Waals surface area contributed by atoms with Gasteiger partial charge in [-0.05, 0) is 108 Å². The van der Waals surface area contributed by atoms with Crippen LogP contribution in [-0.4, -0.2) is 64.6 Å². The van der Waals surface area contributed by atoms with Gasteiger partial charge in [-0.3, -0.25) is 9.69 Å². The summed E-state index contributed by atoms with van der Waals surface area (Å²) in [5, 5.41) is 14.2. The lowest BCUT2D eigenvalue weighted by Gasteiger charge is -2.39. The molecule has 11 heteroatoms. The standard InChI is InChI=1S/C33H45BF2N2O6/c1-20(39)37-27(16-21-14-24(35)18-25(36)15-21)29(40)19-38(30(41)42-31(2,3)4)28-11-9-10-22-12-13-23(17-26(22)28)34-43-32(5,6)33(7,8)44-34/h12-15,17-18,27-29,40H,9-11,16,19H2,1-8H3,(H,37,39)/t27?,28-,29+/m0/s1. The molecule has 0 spiro atoms. The Bertz CT molecular complexity index is 1340. The van der Waals surface area contributed by atoms with E-state index >= 15 is 0 Å². The Morgan fingerprint density at radius 2 is 1.70 bits per heavy atom. The second kappa shape index (κ2) is 12.8. The number of aryl methyl sites for hydroxylation is 1. The maximum atomic E-state index is 14.0. The van der Waals surface area contributed by atoms with Gasteiger partial charge < -0.3 is 24.5 Å². The van der Waals surface area contributed by atoms with Crippen LogP contribution in [0.3, 0.4) is 0 Å². The van der Waals surface area contributed by atoms with Crippen LogP contribution < -0.4 is 10.8 Å². The molecule has 1 aliphatic heterocycles. The van der Waals surface area contributed by atoms with Gasteiger partial charge in [-0.15, -0.1) is 0 Å². The van der Waals surface area contributed by atoms with Gasteiger partial charge in [0.25, 0.3) is 0 Å². The lowest BCUT2D eigenvalue weighted by molar-refractivity contribution is -0.120. The molecule has 44 heavy (non-hydrogen) atoms. The molecule has 1 heterocycles. The molecule has 8 nitrogen and oxygen atoms in total. The summed E-state index contributed by atoms with van der Waals surface area (Å²) in [6, 6.07) is 7.72. The van der Waals surface area contributed by atoms with Crippen molar-refractivity contribution in [2.24, 2.45) is 0 Å². The number of hydrogen-bond donors (Lipinski definition) is 2. The number of fused-ring (bicyclic) bond motifs is 1. The van der Waals surface area contributed by atoms with Crippen LogP contribution in [0.1, 0.15) is 91.0 Å². The molecule has 2 N–H and O–H groups in total. The molecule has 2 aromatic carbocycles. The minimum Gasteiger partial charge on any atom is -0.444 e. The number of aliphatic hydroxyl groups is 1. The fourth-order valence-electron chi connectivity index (χ4n) is 5.75. The number of ether oxygens (including phenoxy) is 1. The van der Waals surface area contributed by atoms with Crippen molar-refractivity contribution in [1.82, 2.24) is 10.2 Å². The highest BCUT2D eigenvalue weighted by Gasteiger charge is 2.52. The molecule has 1 fully saturated rings. The summed E-state index contributed by atoms with van der Waals surface area (Å²) in [4.78, 5) is 27.4. The van der Waals surface area contributed by atoms with Crippen LogP contribution in [0.4, 0.5) is 13.6 Å². The van der Waals surface area contributed by atoms with Crippen LogP contribution in [0.2, 0.25) is 0 Å². The van der Waals surface area contributed by atoms with Crippen molar-refractivity contribution in [3.8, 4) is 0 Å². The third-order valence-corrected chi connectivity index (χ3v) is 8.60. The number of nitrogens with one attached hydrogen (secondary N) is 1. The van der Waals surface area contributed by atoms with Gasteiger partial charge in [-0.2, -0.15) is 0 Å². The predicted octanol–water partition coefficient (Wildman–Crippen LogP) is 4.99. The number of rotatable bonds is 8. The first-order chi connectivity index (χ1) is 20.3. The quantitative estimate of drug-likeness (QED) is 0.407. The van der Waals surface area contributed by atoms with Gasteiger partial charge in [0.15, 0.2) is 0 Å². The molecule has 240 valence electrons. The summed E-state index contributed by atoms with van der Waals surface area (Å²) in [5.74, 6) is -1.95. The average molecular weight is 615 g/mol. The highest BCUT2D eigenvalue weighted by atomic mass is 19.1. The summed E-state index contributed by atoms with van der Waals surface area (Å²) in [6.45, 7) is 14.4. The first-order valence-corrected chi connectivity index (χ1v) is 15.2. The van der Waals surface area contributed by atoms with Gasteiger partial charge in [0.1, 0.15) is 17.2 Å². The molecular formula is C33H45BF2N2O6. The largest absolute Gasteiger partial charge is 0.494 e. The van der Waals surface area contributed by atoms with Crippen LogP contribution in [0.25, 0.3) is 0 Å². The van der Waals surface area contributed by atoms with Crippen molar-refractivity contribution in [2.75, 3.05) is 6.54 Å². The molecule has 3 atom stereocenters. The van der Waals surface area contributed by atoms with E-state index in [9.17, 15) is 23.5 Å². The predicted molar refractivity (Wildman–Crippen MR) is 164 cm³/mol. The number of benzene rings is 2. The summed E-state index contributed by atoms with van der Waals surface area (Å²) in [5.41, 5.74) is 1.20. The first kappa shape index (κ1) is 33.9. The molecule has 0 saturated carbocycles. The van der Waals surface area contributed by atoms with Crippen molar-refractivity contribution in [3.63, 3.8) is 0 Å². The smallest absolute Gasteiger partial charge is 0.444 e. The maximum Gasteiger partial charge on any atom is 0.494 e. The van der Waals surface area contributed by atoms with Crippen molar-refractivity contribution in [1.29, 1.82) is 0 Å². The third-order valence-electron chi connectivity index (χ3n) is 8.60. The van der Waals surface area contributed by atoms with Gasteiger partial charge >= 0.3 is 13.2 Å². The molecule has 0 radical (unpaired) electrons. The zero-order valence-corrected chi connectivity index (χ0v) is 27.0. The van der Waals surface area contributed by atoms with E-state index in [1.807, 2.05) is 45.9 Å². The Morgan fingerprint density at radius 1 is 1.09 bits per heavy atom. The van der Waals surface area contributed by atoms with Crippen LogP contribution in [0.5, 0.6) is 0 Å². The average Bonchev–Trinajstić information content (AvgIpc) is 3.10. The highest BCUT2D eigenvalue weighted by molar-refractivity contribution is 6.62. The van der Waals surface area contributed by atoms with Crippen molar-refractivity contribution < 1.29 is 37.5 Å². The Hall–Kier alpha value is -3.02. The zero-order valence-electron chi connectivity index (χ0n) is 27.0. The summed E-state index contributed by atoms with van der Waals surface area (Å²) in [6.07, 6.45) is 0.292. The fourth-order valence-corrected chi connectivity index (χ4v) is 5.75. The van der Waals surface area contributed by atoms with Gasteiger partial charge in [-0.25, -0.2) is 13.6 Å². The number of halogens is 2. The van der Waals surface area contributed by atoms with E-state index in [2.05, 4.69) is 5.32 Å². The minimum absolute atomic E-state index is 0.0507. The molecule has 1 aliphatic carbocycles. The van der Waals surface area contributed by atoms with Gasteiger partial charge in [0, 0.05) is 13.0 Å². The Morgan fingerprint density at radius 3 is 2.27 bits per heavy atom. The molecule has 1 unspecified atom stereocenters. The summed E-state index contributed by atoms with van der Waals surface area (Å²) < 4.78 is 46.3. The van der Waals surface area contributed by atoms with E-state index in [1.165, 1.54) is 11.8 Å². The monoisotopic (exact) mass is 614 g/mol. The summed E-state index contributed by atoms with van der Waals surface area (Å²) >= 11 is 0. The molecule has 2 aromatic rings. The van der Waals surface area contributed by atoms with Crippen LogP contribution >= 0.6 is 0 Å². The van der Waals surface area contributed by atoms with E-state index in [0.29, 0.717) is 6.42 Å². The number of hydrogen-bond acceptors (Lipinski definition) is 6. The van der Waals surface area contributed by atoms with Gasteiger partial charge in [0.05, 0.1) is 35.9 Å². The second-order valence-corrected chi connectivity index (χ2v) is 13.9. The topological polar surface area (TPSA) is 97.3 Å². The molecular weight excluding hydrogens is 569 g/mol. The van der Waals surface area contributed by atoms with Gasteiger partial charge in [0.2, 0.25) is 5.91 Å². The summed E-state index contributed by atoms with van der Waals surface area (Å²) in [7, 11) is -0.593. The number of carbonyl (C=O) groups is 2. The fraction of sp³-hybridized carbons (Fsp3) is 0.576. The maximum absolute atomic E-state index is 14.0. The number of carbonyl (C=O) groups excluding carboxylic acids is 2. The Kier molecular flexibility index (Phi) is 9.83. The van der Waals surface area contributed by atoms with Crippen molar-refractivity contribution in [2.45, 2.75) is 116 Å². The van der Waals surface area contributed by atoms with E-state index in [1.54, 1.807) is 20.8 Å². The molecule has 0 bridgehead atoms. The van der Waals surface area contributed by atoms with E-state index in [-0.39, 0.29) is 18.5 Å². The lowest BCUT2D eigenvalue weighted by Crippen LogP contribution is -2.52. The molecule has 1 saturated heterocycles. The molecule has 2 aliphatic rings. The van der Waals surface area contributed by atoms with Crippen LogP contribution in [0.15, 0.2) is 36.4 Å². The van der Waals surface area contributed by atoms with Crippen LogP contribution in [-0.2, 0) is 31.7 Å². The molecule has 0 aromatic heterocycles. The SMILES string of the molecule is CC(=O)NC(Cc1cc(F)cc(F)c1)[C@H](O)CN(C(=O)OC(C)(C)C)[C@H]1CCCc2ccc(B3OC(C)(C)C(C)(C)O3)cc21. The minimum atomic E-state index is -1.28. The van der Waals surface area contributed by atoms with Gasteiger partial charge in [-0.1, -0.05) is 18.2 Å². The second-order valence-electron chi connectivity index (χ2n) is 13.9. The Labute approximate surface area is 259 Å². The molecule has 2 amide bonds. The Balaban J connectivity index is 1.68. The highest BCUT2D eigenvalue weighted by Crippen LogP contribution is 2.38. The van der Waals surface area contributed by atoms with Crippen molar-refractivity contribution in [3.05, 3.63) is 64.7 Å². The third kappa shape index (κ3) is 7.97. The first-order valence-electron chi connectivity index (χ1n) is 15.2. The van der Waals surface area contributed by atoms with E-state index < -0.39 is 65.7 Å². The normalized spacial score (nSPS) is 20.4. The zero-order chi connectivity index (χ0) is 32.6. The van der Waals surface area contributed by atoms with E-state index in [4.69, 9.17) is 14.0 Å². The van der Waals surface area contributed by atoms with Crippen LogP contribution in [0, 0.1) is 11.6 Å². The number of amides is 2. The number of aliphatic hydroxyl groups excluding tert-OH is 1. The molecule has 4 rings (SSSR count). The van der Waals surface area contributed by atoms with E-state index in [0.717, 1.165) is 47.6 Å². The number of nitrogens with zero attached hydrogens (tertiary/aromatic N) is 1. The van der Waals surface area contributed by atoms with Crippen molar-refractivity contribution >= 4 is 24.6 Å². The lowest BCUT2D eigenvalue weighted by atomic mass is 9.75.